The van der Waals surface area contributed by atoms with Crippen molar-refractivity contribution < 1.29 is 18.7 Å². The van der Waals surface area contributed by atoms with E-state index in [1.165, 1.54) is 6.08 Å². The van der Waals surface area contributed by atoms with Crippen LogP contribution in [-0.2, 0) is 0 Å². The summed E-state index contributed by atoms with van der Waals surface area (Å²) in [6.45, 7) is -0.107. The second-order valence-electron chi connectivity index (χ2n) is 7.26. The molecule has 136 valence electrons. The number of pyridine rings is 1. The van der Waals surface area contributed by atoms with Crippen molar-refractivity contribution in [1.29, 1.82) is 0 Å². The number of benzene rings is 1. The van der Waals surface area contributed by atoms with Gasteiger partial charge in [-0.25, -0.2) is 13.8 Å². The van der Waals surface area contributed by atoms with Crippen LogP contribution in [0.2, 0.25) is 0 Å². The maximum absolute atomic E-state index is 13.5. The summed E-state index contributed by atoms with van der Waals surface area (Å²) in [6.07, 6.45) is 2.58. The molecule has 0 saturated heterocycles. The van der Waals surface area contributed by atoms with Crippen molar-refractivity contribution >= 4 is 22.4 Å². The first-order valence-electron chi connectivity index (χ1n) is 8.82. The van der Waals surface area contributed by atoms with E-state index in [4.69, 9.17) is 0 Å². The smallest absolute Gasteiger partial charge is 0.254 e. The van der Waals surface area contributed by atoms with Crippen molar-refractivity contribution in [3.63, 3.8) is 0 Å². The summed E-state index contributed by atoms with van der Waals surface area (Å²) in [5.41, 5.74) is 1.69. The number of aliphatic hydroxyl groups is 1. The van der Waals surface area contributed by atoms with Gasteiger partial charge >= 0.3 is 0 Å². The predicted octanol–water partition coefficient (Wildman–Crippen LogP) is 3.69. The molecule has 2 aliphatic carbocycles. The lowest BCUT2D eigenvalue weighted by molar-refractivity contribution is -0.00605. The lowest BCUT2D eigenvalue weighted by Crippen LogP contribution is -2.40. The fourth-order valence-corrected chi connectivity index (χ4v) is 3.32. The number of aromatic nitrogens is 1. The van der Waals surface area contributed by atoms with E-state index in [1.807, 2.05) is 24.3 Å². The summed E-state index contributed by atoms with van der Waals surface area (Å²) in [6, 6.07) is 9.18. The number of para-hydroxylation sites is 1. The van der Waals surface area contributed by atoms with Gasteiger partial charge in [0.15, 0.2) is 0 Å². The van der Waals surface area contributed by atoms with E-state index < -0.39 is 11.5 Å². The second-order valence-corrected chi connectivity index (χ2v) is 7.26. The van der Waals surface area contributed by atoms with Crippen LogP contribution in [0.1, 0.15) is 48.2 Å². The van der Waals surface area contributed by atoms with Crippen LogP contribution in [0, 0.1) is 0 Å². The molecule has 4 rings (SSSR count). The first-order chi connectivity index (χ1) is 12.4. The van der Waals surface area contributed by atoms with Crippen LogP contribution in [0.4, 0.5) is 8.78 Å². The standard InChI is InChI=1S/C20H20F2N2O2/c21-20(22)7-5-13(6-8-20)17-15(18(26)24-19(12-25)9-10-19)11-14-3-1-2-4-16(14)23-17/h1-5,11,25H,6-10,12H2,(H,24,26). The minimum absolute atomic E-state index is 0.107. The van der Waals surface area contributed by atoms with E-state index in [1.54, 1.807) is 6.07 Å². The van der Waals surface area contributed by atoms with Gasteiger partial charge in [-0.05, 0) is 37.0 Å². The lowest BCUT2D eigenvalue weighted by Gasteiger charge is -2.23. The number of hydrogen-bond acceptors (Lipinski definition) is 3. The maximum atomic E-state index is 13.5. The molecule has 0 spiro atoms. The van der Waals surface area contributed by atoms with Gasteiger partial charge in [-0.3, -0.25) is 4.79 Å². The normalized spacial score (nSPS) is 20.5. The summed E-state index contributed by atoms with van der Waals surface area (Å²) in [5.74, 6) is -3.01. The zero-order chi connectivity index (χ0) is 18.4. The van der Waals surface area contributed by atoms with Crippen LogP contribution in [-0.4, -0.2) is 34.1 Å². The molecule has 0 bridgehead atoms. The van der Waals surface area contributed by atoms with Crippen molar-refractivity contribution in [2.45, 2.75) is 43.6 Å². The molecule has 1 fully saturated rings. The number of carbonyl (C=O) groups is 1. The molecule has 26 heavy (non-hydrogen) atoms. The lowest BCUT2D eigenvalue weighted by atomic mass is 9.91. The molecule has 0 aliphatic heterocycles. The fraction of sp³-hybridized carbons (Fsp3) is 0.400. The number of rotatable bonds is 4. The predicted molar refractivity (Wildman–Crippen MR) is 95.0 cm³/mol. The molecular formula is C20H20F2N2O2. The zero-order valence-electron chi connectivity index (χ0n) is 14.3. The highest BCUT2D eigenvalue weighted by atomic mass is 19.3. The quantitative estimate of drug-likeness (QED) is 0.876. The summed E-state index contributed by atoms with van der Waals surface area (Å²) in [5, 5.41) is 13.2. The highest BCUT2D eigenvalue weighted by molar-refractivity contribution is 6.02. The van der Waals surface area contributed by atoms with Gasteiger partial charge in [0.1, 0.15) is 0 Å². The number of amides is 1. The molecule has 0 radical (unpaired) electrons. The van der Waals surface area contributed by atoms with Gasteiger partial charge < -0.3 is 10.4 Å². The van der Waals surface area contributed by atoms with E-state index in [2.05, 4.69) is 10.3 Å². The third kappa shape index (κ3) is 3.21. The number of carbonyl (C=O) groups excluding carboxylic acids is 1. The Balaban J connectivity index is 1.77. The third-order valence-corrected chi connectivity index (χ3v) is 5.21. The molecule has 0 unspecified atom stereocenters. The van der Waals surface area contributed by atoms with Crippen molar-refractivity contribution in [1.82, 2.24) is 10.3 Å². The molecule has 2 aliphatic rings. The van der Waals surface area contributed by atoms with Crippen LogP contribution >= 0.6 is 0 Å². The summed E-state index contributed by atoms with van der Waals surface area (Å²) in [7, 11) is 0. The SMILES string of the molecule is O=C(NC1(CO)CC1)c1cc2ccccc2nc1C1=CCC(F)(F)CC1. The number of halogens is 2. The van der Waals surface area contributed by atoms with Crippen molar-refractivity contribution in [2.75, 3.05) is 6.61 Å². The Morgan fingerprint density at radius 1 is 1.23 bits per heavy atom. The van der Waals surface area contributed by atoms with Crippen LogP contribution in [0.3, 0.4) is 0 Å². The number of alkyl halides is 2. The Bertz CT molecular complexity index is 904. The molecular weight excluding hydrogens is 338 g/mol. The molecule has 4 nitrogen and oxygen atoms in total. The van der Waals surface area contributed by atoms with E-state index in [0.717, 1.165) is 23.7 Å². The molecule has 6 heteroatoms. The molecule has 1 aromatic carbocycles. The second kappa shape index (κ2) is 6.13. The van der Waals surface area contributed by atoms with Gasteiger partial charge in [-0.1, -0.05) is 24.3 Å². The molecule has 1 saturated carbocycles. The van der Waals surface area contributed by atoms with Gasteiger partial charge in [0.05, 0.1) is 28.9 Å². The monoisotopic (exact) mass is 358 g/mol. The number of nitrogens with one attached hydrogen (secondary N) is 1. The van der Waals surface area contributed by atoms with Crippen molar-refractivity contribution in [2.24, 2.45) is 0 Å². The molecule has 1 heterocycles. The third-order valence-electron chi connectivity index (χ3n) is 5.21. The average molecular weight is 358 g/mol. The number of hydrogen-bond donors (Lipinski definition) is 2. The first-order valence-corrected chi connectivity index (χ1v) is 8.82. The summed E-state index contributed by atoms with van der Waals surface area (Å²) >= 11 is 0. The topological polar surface area (TPSA) is 62.2 Å². The van der Waals surface area contributed by atoms with Gasteiger partial charge in [0, 0.05) is 18.2 Å². The zero-order valence-corrected chi connectivity index (χ0v) is 14.3. The molecule has 1 aromatic heterocycles. The number of allylic oxidation sites excluding steroid dienone is 2. The van der Waals surface area contributed by atoms with E-state index in [-0.39, 0.29) is 31.8 Å². The van der Waals surface area contributed by atoms with Crippen molar-refractivity contribution in [3.05, 3.63) is 47.7 Å². The first kappa shape index (κ1) is 17.1. The van der Waals surface area contributed by atoms with Gasteiger partial charge in [0.2, 0.25) is 0 Å². The number of nitrogens with zero attached hydrogens (tertiary/aromatic N) is 1. The maximum Gasteiger partial charge on any atom is 0.254 e. The Hall–Kier alpha value is -2.34. The van der Waals surface area contributed by atoms with Gasteiger partial charge in [-0.15, -0.1) is 0 Å². The van der Waals surface area contributed by atoms with Gasteiger partial charge in [-0.2, -0.15) is 0 Å². The Kier molecular flexibility index (Phi) is 4.03. The average Bonchev–Trinajstić information content (AvgIpc) is 3.40. The fourth-order valence-electron chi connectivity index (χ4n) is 3.32. The van der Waals surface area contributed by atoms with E-state index in [0.29, 0.717) is 16.8 Å². The minimum Gasteiger partial charge on any atom is -0.394 e. The summed E-state index contributed by atoms with van der Waals surface area (Å²) in [4.78, 5) is 17.5. The summed E-state index contributed by atoms with van der Waals surface area (Å²) < 4.78 is 27.0. The van der Waals surface area contributed by atoms with E-state index in [9.17, 15) is 18.7 Å². The number of aliphatic hydroxyl groups excluding tert-OH is 1. The van der Waals surface area contributed by atoms with Gasteiger partial charge in [0.25, 0.3) is 11.8 Å². The van der Waals surface area contributed by atoms with E-state index >= 15 is 0 Å². The van der Waals surface area contributed by atoms with Crippen LogP contribution in [0.15, 0.2) is 36.4 Å². The largest absolute Gasteiger partial charge is 0.394 e. The molecule has 2 N–H and O–H groups in total. The Labute approximate surface area is 149 Å². The molecule has 2 aromatic rings. The Morgan fingerprint density at radius 3 is 2.65 bits per heavy atom. The Morgan fingerprint density at radius 2 is 2.00 bits per heavy atom. The molecule has 1 amide bonds. The highest BCUT2D eigenvalue weighted by Crippen LogP contribution is 2.38. The van der Waals surface area contributed by atoms with Crippen molar-refractivity contribution in [3.8, 4) is 0 Å². The van der Waals surface area contributed by atoms with Crippen LogP contribution < -0.4 is 5.32 Å². The van der Waals surface area contributed by atoms with Crippen LogP contribution in [0.25, 0.3) is 16.5 Å². The highest BCUT2D eigenvalue weighted by Gasteiger charge is 2.44. The number of fused-ring (bicyclic) bond motifs is 1. The molecule has 0 atom stereocenters. The van der Waals surface area contributed by atoms with Crippen LogP contribution in [0.5, 0.6) is 0 Å². The minimum atomic E-state index is -2.70.